The molecule has 0 aromatic heterocycles. The molecule has 0 spiro atoms. The molecule has 0 aliphatic rings. The van der Waals surface area contributed by atoms with E-state index >= 15 is 0 Å². The molecule has 6 heteroatoms. The van der Waals surface area contributed by atoms with Crippen LogP contribution in [0.4, 0.5) is 0 Å². The van der Waals surface area contributed by atoms with Crippen LogP contribution in [0.15, 0.2) is 25.3 Å². The van der Waals surface area contributed by atoms with Crippen molar-refractivity contribution in [2.75, 3.05) is 0 Å². The highest BCUT2D eigenvalue weighted by molar-refractivity contribution is 6.29. The second-order valence-corrected chi connectivity index (χ2v) is 2.06. The Morgan fingerprint density at radius 1 is 1.00 bits per heavy atom. The van der Waals surface area contributed by atoms with Crippen molar-refractivity contribution in [2.45, 2.75) is 12.6 Å². The molecular weight excluding hydrogens is 192 g/mol. The van der Waals surface area contributed by atoms with Crippen molar-refractivity contribution >= 4 is 11.9 Å². The van der Waals surface area contributed by atoms with E-state index in [-0.39, 0.29) is 0 Å². The molecule has 14 heavy (non-hydrogen) atoms. The van der Waals surface area contributed by atoms with Gasteiger partial charge in [0, 0.05) is 0 Å². The number of aliphatic hydroxyl groups excluding tert-OH is 2. The number of aliphatic hydroxyl groups is 2. The zero-order valence-electron chi connectivity index (χ0n) is 7.25. The molecule has 0 aromatic carbocycles. The van der Waals surface area contributed by atoms with Crippen LogP contribution in [0.5, 0.6) is 0 Å². The average molecular weight is 202 g/mol. The Hall–Kier alpha value is -1.66. The van der Waals surface area contributed by atoms with Crippen LogP contribution < -0.4 is 0 Å². The summed E-state index contributed by atoms with van der Waals surface area (Å²) in [7, 11) is 0. The molecule has 2 atom stereocenters. The SMILES string of the molecule is C=CC(O)OC(=O)C(=O)OC(O)C=C. The number of rotatable bonds is 4. The van der Waals surface area contributed by atoms with Gasteiger partial charge in [-0.2, -0.15) is 0 Å². The van der Waals surface area contributed by atoms with Crippen molar-refractivity contribution in [3.05, 3.63) is 25.3 Å². The quantitative estimate of drug-likeness (QED) is 0.265. The van der Waals surface area contributed by atoms with Crippen molar-refractivity contribution in [3.63, 3.8) is 0 Å². The van der Waals surface area contributed by atoms with Gasteiger partial charge in [-0.05, 0) is 12.2 Å². The van der Waals surface area contributed by atoms with Gasteiger partial charge in [0.15, 0.2) is 0 Å². The van der Waals surface area contributed by atoms with Gasteiger partial charge in [0.25, 0.3) is 0 Å². The molecule has 0 radical (unpaired) electrons. The van der Waals surface area contributed by atoms with Gasteiger partial charge in [-0.3, -0.25) is 0 Å². The van der Waals surface area contributed by atoms with Crippen LogP contribution in [0, 0.1) is 0 Å². The topological polar surface area (TPSA) is 93.1 Å². The molecule has 2 unspecified atom stereocenters. The summed E-state index contributed by atoms with van der Waals surface area (Å²) in [5.41, 5.74) is 0. The molecular formula is C8H10O6. The van der Waals surface area contributed by atoms with Crippen molar-refractivity contribution in [1.29, 1.82) is 0 Å². The van der Waals surface area contributed by atoms with Gasteiger partial charge in [0.2, 0.25) is 12.6 Å². The minimum Gasteiger partial charge on any atom is -0.424 e. The Bertz CT molecular complexity index is 220. The van der Waals surface area contributed by atoms with Crippen molar-refractivity contribution in [3.8, 4) is 0 Å². The molecule has 0 aliphatic heterocycles. The first-order valence-corrected chi connectivity index (χ1v) is 3.54. The first-order valence-electron chi connectivity index (χ1n) is 3.54. The van der Waals surface area contributed by atoms with Crippen molar-refractivity contribution in [1.82, 2.24) is 0 Å². The number of hydrogen-bond acceptors (Lipinski definition) is 6. The van der Waals surface area contributed by atoms with Gasteiger partial charge >= 0.3 is 11.9 Å². The number of hydrogen-bond donors (Lipinski definition) is 2. The molecule has 0 saturated heterocycles. The maximum absolute atomic E-state index is 10.7. The minimum atomic E-state index is -1.59. The monoisotopic (exact) mass is 202 g/mol. The van der Waals surface area contributed by atoms with Crippen LogP contribution in [0.3, 0.4) is 0 Å². The summed E-state index contributed by atoms with van der Waals surface area (Å²) in [4.78, 5) is 21.4. The molecule has 0 heterocycles. The molecule has 0 bridgehead atoms. The molecule has 0 fully saturated rings. The van der Waals surface area contributed by atoms with Crippen LogP contribution in [0.2, 0.25) is 0 Å². The lowest BCUT2D eigenvalue weighted by atomic mass is 10.6. The second-order valence-electron chi connectivity index (χ2n) is 2.06. The first-order chi connectivity index (χ1) is 6.51. The second kappa shape index (κ2) is 5.90. The standard InChI is InChI=1S/C8H10O6/c1-3-5(9)13-7(11)8(12)14-6(10)4-2/h3-6,9-10H,1-2H2. The Balaban J connectivity index is 4.06. The summed E-state index contributed by atoms with van der Waals surface area (Å²) in [5, 5.41) is 17.4. The maximum atomic E-state index is 10.7. The van der Waals surface area contributed by atoms with Gasteiger partial charge in [0.1, 0.15) is 0 Å². The van der Waals surface area contributed by atoms with Gasteiger partial charge in [0.05, 0.1) is 0 Å². The van der Waals surface area contributed by atoms with Gasteiger partial charge in [-0.15, -0.1) is 0 Å². The minimum absolute atomic E-state index is 0.898. The van der Waals surface area contributed by atoms with E-state index in [4.69, 9.17) is 10.2 Å². The summed E-state index contributed by atoms with van der Waals surface area (Å²) >= 11 is 0. The zero-order chi connectivity index (χ0) is 11.1. The Kier molecular flexibility index (Phi) is 5.20. The van der Waals surface area contributed by atoms with E-state index in [0.29, 0.717) is 0 Å². The summed E-state index contributed by atoms with van der Waals surface area (Å²) in [6.07, 6.45) is -1.38. The molecule has 78 valence electrons. The molecule has 0 amide bonds. The van der Waals surface area contributed by atoms with E-state index < -0.39 is 24.5 Å². The molecule has 0 aromatic rings. The third kappa shape index (κ3) is 4.39. The first kappa shape index (κ1) is 12.3. The van der Waals surface area contributed by atoms with E-state index in [9.17, 15) is 9.59 Å². The van der Waals surface area contributed by atoms with Gasteiger partial charge < -0.3 is 19.7 Å². The third-order valence-corrected chi connectivity index (χ3v) is 1.03. The van der Waals surface area contributed by atoms with E-state index in [0.717, 1.165) is 12.2 Å². The molecule has 0 aliphatic carbocycles. The van der Waals surface area contributed by atoms with E-state index in [1.165, 1.54) is 0 Å². The predicted octanol–water partition coefficient (Wildman–Crippen LogP) is -0.918. The molecule has 0 rings (SSSR count). The average Bonchev–Trinajstić information content (AvgIpc) is 2.17. The normalized spacial score (nSPS) is 13.6. The van der Waals surface area contributed by atoms with Crippen LogP contribution in [-0.4, -0.2) is 34.7 Å². The largest absolute Gasteiger partial charge is 0.424 e. The van der Waals surface area contributed by atoms with Gasteiger partial charge in [-0.1, -0.05) is 13.2 Å². The zero-order valence-corrected chi connectivity index (χ0v) is 7.25. The van der Waals surface area contributed by atoms with E-state index in [2.05, 4.69) is 22.6 Å². The lowest BCUT2D eigenvalue weighted by molar-refractivity contribution is -0.186. The molecule has 6 nitrogen and oxygen atoms in total. The van der Waals surface area contributed by atoms with Crippen LogP contribution in [-0.2, 0) is 19.1 Å². The number of esters is 2. The van der Waals surface area contributed by atoms with Crippen LogP contribution in [0.25, 0.3) is 0 Å². The van der Waals surface area contributed by atoms with Gasteiger partial charge in [-0.25, -0.2) is 9.59 Å². The fourth-order valence-corrected chi connectivity index (χ4v) is 0.412. The number of carbonyl (C=O) groups is 2. The Morgan fingerprint density at radius 2 is 1.29 bits per heavy atom. The smallest absolute Gasteiger partial charge is 0.420 e. The fraction of sp³-hybridized carbons (Fsp3) is 0.250. The Morgan fingerprint density at radius 3 is 1.50 bits per heavy atom. The Labute approximate surface area is 80.1 Å². The van der Waals surface area contributed by atoms with Crippen LogP contribution in [0.1, 0.15) is 0 Å². The highest BCUT2D eigenvalue weighted by Crippen LogP contribution is 1.94. The lowest BCUT2D eigenvalue weighted by Gasteiger charge is -2.08. The van der Waals surface area contributed by atoms with Crippen LogP contribution >= 0.6 is 0 Å². The lowest BCUT2D eigenvalue weighted by Crippen LogP contribution is -2.27. The maximum Gasteiger partial charge on any atom is 0.420 e. The van der Waals surface area contributed by atoms with Crippen molar-refractivity contribution < 1.29 is 29.3 Å². The molecule has 2 N–H and O–H groups in total. The van der Waals surface area contributed by atoms with E-state index in [1.54, 1.807) is 0 Å². The predicted molar refractivity (Wildman–Crippen MR) is 44.6 cm³/mol. The number of ether oxygens (including phenoxy) is 2. The highest BCUT2D eigenvalue weighted by atomic mass is 16.7. The summed E-state index contributed by atoms with van der Waals surface area (Å²) in [6, 6.07) is 0. The van der Waals surface area contributed by atoms with Crippen molar-refractivity contribution in [2.24, 2.45) is 0 Å². The summed E-state index contributed by atoms with van der Waals surface area (Å²) in [6.45, 7) is 6.21. The fourth-order valence-electron chi connectivity index (χ4n) is 0.412. The third-order valence-electron chi connectivity index (χ3n) is 1.03. The van der Waals surface area contributed by atoms with E-state index in [1.807, 2.05) is 0 Å². The highest BCUT2D eigenvalue weighted by Gasteiger charge is 2.21. The summed E-state index contributed by atoms with van der Waals surface area (Å²) in [5.74, 6) is -2.86. The number of carbonyl (C=O) groups excluding carboxylic acids is 2. The molecule has 0 saturated carbocycles. The summed E-state index contributed by atoms with van der Waals surface area (Å²) < 4.78 is 8.17.